The Kier molecular flexibility index (Phi) is 7.60. The van der Waals surface area contributed by atoms with Crippen molar-refractivity contribution in [2.75, 3.05) is 30.2 Å². The third-order valence-corrected chi connectivity index (χ3v) is 3.93. The summed E-state index contributed by atoms with van der Waals surface area (Å²) in [5.41, 5.74) is 2.51. The molecule has 0 aliphatic carbocycles. The quantitative estimate of drug-likeness (QED) is 0.392. The highest BCUT2D eigenvalue weighted by Gasteiger charge is 2.16. The molecule has 8 heteroatoms. The topological polar surface area (TPSA) is 105 Å². The standard InChI is InChI=1S/C12H23N5O2S/c1-4-19-7-12-15-10(5-11(16-12)17-13)14-8(2)9(6-18)20-3/h5,8-9,18H,4,6-7,13H2,1-3H3,(H2,14,15,16,17). The molecule has 0 saturated heterocycles. The lowest BCUT2D eigenvalue weighted by Crippen LogP contribution is -2.31. The number of rotatable bonds is 9. The Morgan fingerprint density at radius 3 is 2.70 bits per heavy atom. The van der Waals surface area contributed by atoms with E-state index in [1.54, 1.807) is 17.8 Å². The van der Waals surface area contributed by atoms with Gasteiger partial charge in [-0.25, -0.2) is 15.8 Å². The lowest BCUT2D eigenvalue weighted by atomic mass is 10.2. The fourth-order valence-corrected chi connectivity index (χ4v) is 2.29. The molecule has 2 unspecified atom stereocenters. The van der Waals surface area contributed by atoms with E-state index in [-0.39, 0.29) is 17.9 Å². The van der Waals surface area contributed by atoms with E-state index in [0.717, 1.165) is 0 Å². The fourth-order valence-electron chi connectivity index (χ4n) is 1.67. The Hall–Kier alpha value is -1.09. The first kappa shape index (κ1) is 17.0. The monoisotopic (exact) mass is 301 g/mol. The molecule has 0 fully saturated rings. The normalized spacial score (nSPS) is 13.8. The van der Waals surface area contributed by atoms with Gasteiger partial charge in [0.2, 0.25) is 0 Å². The summed E-state index contributed by atoms with van der Waals surface area (Å²) in [5, 5.41) is 12.6. The highest BCUT2D eigenvalue weighted by molar-refractivity contribution is 7.99. The Labute approximate surface area is 123 Å². The Morgan fingerprint density at radius 1 is 1.45 bits per heavy atom. The number of thioether (sulfide) groups is 1. The first-order chi connectivity index (χ1) is 9.64. The largest absolute Gasteiger partial charge is 0.395 e. The summed E-state index contributed by atoms with van der Waals surface area (Å²) in [7, 11) is 0. The van der Waals surface area contributed by atoms with Gasteiger partial charge in [0.05, 0.1) is 6.61 Å². The third-order valence-electron chi connectivity index (χ3n) is 2.77. The molecule has 0 aliphatic heterocycles. The van der Waals surface area contributed by atoms with E-state index in [2.05, 4.69) is 20.7 Å². The molecular formula is C12H23N5O2S. The Balaban J connectivity index is 2.82. The summed E-state index contributed by atoms with van der Waals surface area (Å²) in [6.45, 7) is 4.95. The molecule has 1 rings (SSSR count). The molecule has 7 nitrogen and oxygen atoms in total. The van der Waals surface area contributed by atoms with Crippen LogP contribution < -0.4 is 16.6 Å². The number of nitrogens with one attached hydrogen (secondary N) is 2. The molecule has 5 N–H and O–H groups in total. The van der Waals surface area contributed by atoms with Crippen molar-refractivity contribution in [3.8, 4) is 0 Å². The number of ether oxygens (including phenoxy) is 1. The average molecular weight is 301 g/mol. The number of hydrogen-bond donors (Lipinski definition) is 4. The second kappa shape index (κ2) is 8.96. The van der Waals surface area contributed by atoms with Crippen LogP contribution in [0.2, 0.25) is 0 Å². The predicted octanol–water partition coefficient (Wildman–Crippen LogP) is 0.823. The number of hydrogen-bond acceptors (Lipinski definition) is 8. The molecule has 20 heavy (non-hydrogen) atoms. The van der Waals surface area contributed by atoms with Gasteiger partial charge in [-0.05, 0) is 20.1 Å². The summed E-state index contributed by atoms with van der Waals surface area (Å²) in [5.74, 6) is 7.14. The third kappa shape index (κ3) is 5.12. The molecule has 1 heterocycles. The van der Waals surface area contributed by atoms with Gasteiger partial charge in [0.1, 0.15) is 18.2 Å². The lowest BCUT2D eigenvalue weighted by Gasteiger charge is -2.22. The predicted molar refractivity (Wildman–Crippen MR) is 82.6 cm³/mol. The second-order valence-corrected chi connectivity index (χ2v) is 5.30. The number of aromatic nitrogens is 2. The van der Waals surface area contributed by atoms with Crippen LogP contribution in [0.5, 0.6) is 0 Å². The molecule has 0 bridgehead atoms. The number of nitrogen functional groups attached to an aromatic ring is 1. The molecule has 0 saturated carbocycles. The van der Waals surface area contributed by atoms with Crippen LogP contribution in [-0.4, -0.2) is 45.8 Å². The van der Waals surface area contributed by atoms with E-state index in [4.69, 9.17) is 10.6 Å². The smallest absolute Gasteiger partial charge is 0.158 e. The molecule has 0 aromatic carbocycles. The van der Waals surface area contributed by atoms with Gasteiger partial charge in [0.15, 0.2) is 5.82 Å². The molecule has 1 aromatic rings. The van der Waals surface area contributed by atoms with Crippen LogP contribution in [0.3, 0.4) is 0 Å². The van der Waals surface area contributed by atoms with E-state index in [1.807, 2.05) is 20.1 Å². The van der Waals surface area contributed by atoms with E-state index in [1.165, 1.54) is 0 Å². The number of aliphatic hydroxyl groups is 1. The summed E-state index contributed by atoms with van der Waals surface area (Å²) in [6.07, 6.45) is 1.96. The SMILES string of the molecule is CCOCc1nc(NN)cc(NC(C)C(CO)SC)n1. The van der Waals surface area contributed by atoms with Crippen LogP contribution in [0.4, 0.5) is 11.6 Å². The molecule has 1 aromatic heterocycles. The van der Waals surface area contributed by atoms with Crippen molar-refractivity contribution in [2.24, 2.45) is 5.84 Å². The van der Waals surface area contributed by atoms with Crippen LogP contribution >= 0.6 is 11.8 Å². The summed E-state index contributed by atoms with van der Waals surface area (Å²) < 4.78 is 5.30. The van der Waals surface area contributed by atoms with E-state index in [9.17, 15) is 5.11 Å². The number of nitrogens with zero attached hydrogens (tertiary/aromatic N) is 2. The van der Waals surface area contributed by atoms with Crippen LogP contribution in [-0.2, 0) is 11.3 Å². The first-order valence-corrected chi connectivity index (χ1v) is 7.75. The maximum absolute atomic E-state index is 9.30. The van der Waals surface area contributed by atoms with Gasteiger partial charge in [-0.3, -0.25) is 0 Å². The summed E-state index contributed by atoms with van der Waals surface area (Å²) >= 11 is 1.60. The zero-order chi connectivity index (χ0) is 15.0. The van der Waals surface area contributed by atoms with Crippen molar-refractivity contribution in [2.45, 2.75) is 31.7 Å². The summed E-state index contributed by atoms with van der Waals surface area (Å²) in [6, 6.07) is 1.79. The van der Waals surface area contributed by atoms with Gasteiger partial charge < -0.3 is 20.6 Å². The zero-order valence-corrected chi connectivity index (χ0v) is 12.9. The van der Waals surface area contributed by atoms with Gasteiger partial charge in [-0.1, -0.05) is 0 Å². The zero-order valence-electron chi connectivity index (χ0n) is 12.1. The maximum Gasteiger partial charge on any atom is 0.158 e. The van der Waals surface area contributed by atoms with Gasteiger partial charge in [-0.15, -0.1) is 0 Å². The van der Waals surface area contributed by atoms with Crippen molar-refractivity contribution < 1.29 is 9.84 Å². The molecule has 114 valence electrons. The van der Waals surface area contributed by atoms with Gasteiger partial charge in [0, 0.05) is 24.0 Å². The Morgan fingerprint density at radius 2 is 2.15 bits per heavy atom. The van der Waals surface area contributed by atoms with Crippen LogP contribution in [0.15, 0.2) is 6.07 Å². The summed E-state index contributed by atoms with van der Waals surface area (Å²) in [4.78, 5) is 8.59. The van der Waals surface area contributed by atoms with Crippen molar-refractivity contribution in [1.29, 1.82) is 0 Å². The first-order valence-electron chi connectivity index (χ1n) is 6.47. The number of anilines is 2. The minimum absolute atomic E-state index is 0.0652. The van der Waals surface area contributed by atoms with Crippen molar-refractivity contribution >= 4 is 23.4 Å². The van der Waals surface area contributed by atoms with Gasteiger partial charge in [-0.2, -0.15) is 11.8 Å². The molecule has 2 atom stereocenters. The van der Waals surface area contributed by atoms with Crippen molar-refractivity contribution in [3.05, 3.63) is 11.9 Å². The number of aliphatic hydroxyl groups excluding tert-OH is 1. The van der Waals surface area contributed by atoms with Crippen LogP contribution in [0.1, 0.15) is 19.7 Å². The van der Waals surface area contributed by atoms with E-state index in [0.29, 0.717) is 30.7 Å². The van der Waals surface area contributed by atoms with E-state index >= 15 is 0 Å². The van der Waals surface area contributed by atoms with Gasteiger partial charge in [0.25, 0.3) is 0 Å². The average Bonchev–Trinajstić information content (AvgIpc) is 2.46. The van der Waals surface area contributed by atoms with Crippen LogP contribution in [0, 0.1) is 0 Å². The molecule has 0 radical (unpaired) electrons. The van der Waals surface area contributed by atoms with Gasteiger partial charge >= 0.3 is 0 Å². The fraction of sp³-hybridized carbons (Fsp3) is 0.667. The van der Waals surface area contributed by atoms with Crippen LogP contribution in [0.25, 0.3) is 0 Å². The highest BCUT2D eigenvalue weighted by atomic mass is 32.2. The van der Waals surface area contributed by atoms with Crippen molar-refractivity contribution in [3.63, 3.8) is 0 Å². The lowest BCUT2D eigenvalue weighted by molar-refractivity contribution is 0.128. The second-order valence-electron chi connectivity index (χ2n) is 4.23. The molecule has 0 amide bonds. The minimum Gasteiger partial charge on any atom is -0.395 e. The number of hydrazine groups is 1. The highest BCUT2D eigenvalue weighted by Crippen LogP contribution is 2.17. The van der Waals surface area contributed by atoms with E-state index < -0.39 is 0 Å². The number of nitrogens with two attached hydrogens (primary N) is 1. The molecular weight excluding hydrogens is 278 g/mol. The minimum atomic E-state index is 0.0652. The molecule has 0 aliphatic rings. The maximum atomic E-state index is 9.30. The van der Waals surface area contributed by atoms with Crippen molar-refractivity contribution in [1.82, 2.24) is 9.97 Å². The molecule has 0 spiro atoms. The Bertz CT molecular complexity index is 403.